The van der Waals surface area contributed by atoms with Crippen LogP contribution in [0.15, 0.2) is 42.5 Å². The molecule has 0 aliphatic carbocycles. The number of benzene rings is 1. The Hall–Kier alpha value is -1.49. The van der Waals surface area contributed by atoms with Crippen LogP contribution in [-0.4, -0.2) is 30.4 Å². The number of aliphatic hydroxyl groups is 1. The van der Waals surface area contributed by atoms with E-state index in [0.29, 0.717) is 12.2 Å². The largest absolute Gasteiger partial charge is 0.392 e. The van der Waals surface area contributed by atoms with Crippen molar-refractivity contribution in [3.8, 4) is 0 Å². The predicted molar refractivity (Wildman–Crippen MR) is 93.6 cm³/mol. The Labute approximate surface area is 144 Å². The lowest BCUT2D eigenvalue weighted by Crippen LogP contribution is -2.47. The van der Waals surface area contributed by atoms with Gasteiger partial charge < -0.3 is 14.6 Å². The van der Waals surface area contributed by atoms with E-state index in [-0.39, 0.29) is 5.78 Å². The van der Waals surface area contributed by atoms with Gasteiger partial charge in [-0.25, -0.2) is 0 Å². The van der Waals surface area contributed by atoms with Crippen LogP contribution in [0.1, 0.15) is 51.0 Å². The van der Waals surface area contributed by atoms with Crippen LogP contribution in [-0.2, 0) is 19.9 Å². The van der Waals surface area contributed by atoms with Crippen molar-refractivity contribution in [1.29, 1.82) is 0 Å². The van der Waals surface area contributed by atoms with Crippen LogP contribution in [0.4, 0.5) is 0 Å². The van der Waals surface area contributed by atoms with Gasteiger partial charge in [-0.1, -0.05) is 69.4 Å². The maximum atomic E-state index is 12.3. The molecular formula is C20H28O4. The van der Waals surface area contributed by atoms with Gasteiger partial charge in [0, 0.05) is 0 Å². The van der Waals surface area contributed by atoms with Crippen LogP contribution in [0.5, 0.6) is 0 Å². The predicted octanol–water partition coefficient (Wildman–Crippen LogP) is 3.73. The van der Waals surface area contributed by atoms with Gasteiger partial charge in [0.25, 0.3) is 0 Å². The molecule has 2 unspecified atom stereocenters. The molecule has 1 aromatic carbocycles. The fourth-order valence-corrected chi connectivity index (χ4v) is 2.89. The summed E-state index contributed by atoms with van der Waals surface area (Å²) in [5.41, 5.74) is -0.711. The molecule has 0 fully saturated rings. The standard InChI is InChI=1S/C20H28O4/c1-2-3-4-5-6-10-15-23-19-14-13-18(22)20(16-21,24-19)17-11-8-7-9-12-17/h7-9,11-14,19,21H,2-6,10,15-16H2,1H3. The lowest BCUT2D eigenvalue weighted by molar-refractivity contribution is -0.208. The number of carbonyl (C=O) groups excluding carboxylic acids is 1. The lowest BCUT2D eigenvalue weighted by Gasteiger charge is -2.35. The Morgan fingerprint density at radius 1 is 1.12 bits per heavy atom. The molecule has 24 heavy (non-hydrogen) atoms. The molecule has 0 radical (unpaired) electrons. The van der Waals surface area contributed by atoms with Crippen LogP contribution in [0.25, 0.3) is 0 Å². The molecule has 4 nitrogen and oxygen atoms in total. The molecule has 4 heteroatoms. The van der Waals surface area contributed by atoms with Crippen molar-refractivity contribution in [2.24, 2.45) is 0 Å². The molecule has 1 aliphatic rings. The molecule has 132 valence electrons. The number of unbranched alkanes of at least 4 members (excludes halogenated alkanes) is 5. The van der Waals surface area contributed by atoms with Crippen molar-refractivity contribution in [1.82, 2.24) is 0 Å². The Bertz CT molecular complexity index is 526. The second-order valence-corrected chi connectivity index (χ2v) is 6.20. The van der Waals surface area contributed by atoms with E-state index in [9.17, 15) is 9.90 Å². The highest BCUT2D eigenvalue weighted by Gasteiger charge is 2.43. The van der Waals surface area contributed by atoms with Crippen molar-refractivity contribution < 1.29 is 19.4 Å². The van der Waals surface area contributed by atoms with Crippen molar-refractivity contribution in [2.45, 2.75) is 57.3 Å². The van der Waals surface area contributed by atoms with Crippen LogP contribution in [0, 0.1) is 0 Å². The maximum absolute atomic E-state index is 12.3. The second kappa shape index (κ2) is 9.72. The summed E-state index contributed by atoms with van der Waals surface area (Å²) in [4.78, 5) is 12.3. The maximum Gasteiger partial charge on any atom is 0.194 e. The van der Waals surface area contributed by atoms with Crippen molar-refractivity contribution in [3.63, 3.8) is 0 Å². The van der Waals surface area contributed by atoms with E-state index >= 15 is 0 Å². The van der Waals surface area contributed by atoms with Gasteiger partial charge in [0.1, 0.15) is 0 Å². The third-order valence-electron chi connectivity index (χ3n) is 4.36. The van der Waals surface area contributed by atoms with E-state index < -0.39 is 18.5 Å². The smallest absolute Gasteiger partial charge is 0.194 e. The number of ether oxygens (including phenoxy) is 2. The topological polar surface area (TPSA) is 55.8 Å². The van der Waals surface area contributed by atoms with Gasteiger partial charge in [-0.2, -0.15) is 0 Å². The summed E-state index contributed by atoms with van der Waals surface area (Å²) in [6.07, 6.45) is 9.61. The lowest BCUT2D eigenvalue weighted by atomic mass is 9.88. The summed E-state index contributed by atoms with van der Waals surface area (Å²) in [7, 11) is 0. The van der Waals surface area contributed by atoms with Crippen LogP contribution < -0.4 is 0 Å². The first-order chi connectivity index (χ1) is 11.7. The van der Waals surface area contributed by atoms with Gasteiger partial charge in [-0.05, 0) is 24.1 Å². The van der Waals surface area contributed by atoms with Gasteiger partial charge in [-0.15, -0.1) is 0 Å². The van der Waals surface area contributed by atoms with Crippen molar-refractivity contribution in [2.75, 3.05) is 13.2 Å². The van der Waals surface area contributed by atoms with Gasteiger partial charge in [0.05, 0.1) is 13.2 Å². The number of rotatable bonds is 10. The zero-order valence-electron chi connectivity index (χ0n) is 14.4. The number of ketones is 1. The summed E-state index contributed by atoms with van der Waals surface area (Å²) in [6, 6.07) is 9.10. The molecule has 0 saturated heterocycles. The van der Waals surface area contributed by atoms with Gasteiger partial charge >= 0.3 is 0 Å². The Kier molecular flexibility index (Phi) is 7.63. The van der Waals surface area contributed by atoms with Crippen LogP contribution in [0.2, 0.25) is 0 Å². The van der Waals surface area contributed by atoms with E-state index in [1.54, 1.807) is 18.2 Å². The molecule has 0 aromatic heterocycles. The Morgan fingerprint density at radius 3 is 2.54 bits per heavy atom. The highest BCUT2D eigenvalue weighted by molar-refractivity contribution is 5.98. The molecule has 0 saturated carbocycles. The summed E-state index contributed by atoms with van der Waals surface area (Å²) < 4.78 is 11.6. The molecule has 1 N–H and O–H groups in total. The Balaban J connectivity index is 1.88. The molecule has 0 bridgehead atoms. The molecule has 1 heterocycles. The molecule has 0 amide bonds. The first-order valence-corrected chi connectivity index (χ1v) is 8.91. The third-order valence-corrected chi connectivity index (χ3v) is 4.36. The van der Waals surface area contributed by atoms with Crippen LogP contribution in [0.3, 0.4) is 0 Å². The van der Waals surface area contributed by atoms with E-state index in [2.05, 4.69) is 6.92 Å². The minimum Gasteiger partial charge on any atom is -0.392 e. The molecule has 2 atom stereocenters. The SMILES string of the molecule is CCCCCCCCOC1C=CC(=O)C(CO)(c2ccccc2)O1. The molecule has 1 aliphatic heterocycles. The normalized spacial score (nSPS) is 23.6. The number of hydrogen-bond donors (Lipinski definition) is 1. The first-order valence-electron chi connectivity index (χ1n) is 8.91. The molecule has 1 aromatic rings. The molecule has 0 spiro atoms. The Morgan fingerprint density at radius 2 is 1.83 bits per heavy atom. The highest BCUT2D eigenvalue weighted by Crippen LogP contribution is 2.32. The van der Waals surface area contributed by atoms with Gasteiger partial charge in [0.15, 0.2) is 17.7 Å². The monoisotopic (exact) mass is 332 g/mol. The van der Waals surface area contributed by atoms with Gasteiger partial charge in [-0.3, -0.25) is 4.79 Å². The zero-order valence-corrected chi connectivity index (χ0v) is 14.4. The molecule has 2 rings (SSSR count). The van der Waals surface area contributed by atoms with E-state index in [1.807, 2.05) is 18.2 Å². The highest BCUT2D eigenvalue weighted by atomic mass is 16.7. The number of aliphatic hydroxyl groups excluding tert-OH is 1. The van der Waals surface area contributed by atoms with Crippen LogP contribution >= 0.6 is 0 Å². The third kappa shape index (κ3) is 4.76. The number of hydrogen-bond acceptors (Lipinski definition) is 4. The van der Waals surface area contributed by atoms with E-state index in [1.165, 1.54) is 31.8 Å². The fraction of sp³-hybridized carbons (Fsp3) is 0.550. The number of carbonyl (C=O) groups is 1. The first kappa shape index (κ1) is 18.8. The second-order valence-electron chi connectivity index (χ2n) is 6.20. The summed E-state index contributed by atoms with van der Waals surface area (Å²) >= 11 is 0. The minimum absolute atomic E-state index is 0.254. The van der Waals surface area contributed by atoms with E-state index in [0.717, 1.165) is 12.8 Å². The summed E-state index contributed by atoms with van der Waals surface area (Å²) in [5.74, 6) is -0.254. The summed E-state index contributed by atoms with van der Waals surface area (Å²) in [6.45, 7) is 2.39. The van der Waals surface area contributed by atoms with E-state index in [4.69, 9.17) is 9.47 Å². The minimum atomic E-state index is -1.36. The molecular weight excluding hydrogens is 304 g/mol. The van der Waals surface area contributed by atoms with Crippen molar-refractivity contribution >= 4 is 5.78 Å². The average Bonchev–Trinajstić information content (AvgIpc) is 2.63. The zero-order chi connectivity index (χ0) is 17.3. The quantitative estimate of drug-likeness (QED) is 0.663. The summed E-state index contributed by atoms with van der Waals surface area (Å²) in [5, 5.41) is 9.84. The van der Waals surface area contributed by atoms with Crippen molar-refractivity contribution in [3.05, 3.63) is 48.0 Å². The average molecular weight is 332 g/mol. The fourth-order valence-electron chi connectivity index (χ4n) is 2.89. The van der Waals surface area contributed by atoms with Gasteiger partial charge in [0.2, 0.25) is 0 Å².